The molecule has 0 radical (unpaired) electrons. The Bertz CT molecular complexity index is 1800. The molecule has 2 aromatic carbocycles. The predicted molar refractivity (Wildman–Crippen MR) is 162 cm³/mol. The van der Waals surface area contributed by atoms with Gasteiger partial charge in [0.2, 0.25) is 26.0 Å². The number of anilines is 5. The van der Waals surface area contributed by atoms with Crippen molar-refractivity contribution in [3.63, 3.8) is 0 Å². The first-order valence-corrected chi connectivity index (χ1v) is 16.5. The molecular weight excluding hydrogens is 634 g/mol. The van der Waals surface area contributed by atoms with Crippen LogP contribution in [0, 0.1) is 0 Å². The fraction of sp³-hybridized carbons (Fsp3) is 0.280. The first-order valence-electron chi connectivity index (χ1n) is 12.5. The first kappa shape index (κ1) is 29.1. The highest BCUT2D eigenvalue weighted by Gasteiger charge is 2.27. The summed E-state index contributed by atoms with van der Waals surface area (Å²) in [4.78, 5) is 19.8. The molecule has 0 atom stereocenters. The van der Waals surface area contributed by atoms with Crippen LogP contribution in [0.2, 0.25) is 0 Å². The van der Waals surface area contributed by atoms with E-state index < -0.39 is 20.0 Å². The number of aromatic nitrogens is 4. The molecule has 5 rings (SSSR count). The van der Waals surface area contributed by atoms with Gasteiger partial charge in [-0.2, -0.15) is 9.29 Å². The Hall–Kier alpha value is -3.44. The molecule has 0 aliphatic carbocycles. The Balaban J connectivity index is 1.40. The summed E-state index contributed by atoms with van der Waals surface area (Å²) in [5, 5.41) is 6.27. The van der Waals surface area contributed by atoms with Gasteiger partial charge in [0.05, 0.1) is 26.8 Å². The van der Waals surface area contributed by atoms with Crippen molar-refractivity contribution in [3.8, 4) is 0 Å². The van der Waals surface area contributed by atoms with Crippen molar-refractivity contribution < 1.29 is 16.8 Å². The molecule has 4 aromatic rings. The third kappa shape index (κ3) is 6.25. The van der Waals surface area contributed by atoms with E-state index in [-0.39, 0.29) is 10.8 Å². The van der Waals surface area contributed by atoms with Gasteiger partial charge < -0.3 is 15.5 Å². The maximum absolute atomic E-state index is 13.0. The van der Waals surface area contributed by atoms with E-state index in [2.05, 4.69) is 51.4 Å². The van der Waals surface area contributed by atoms with Crippen LogP contribution in [0.1, 0.15) is 0 Å². The highest BCUT2D eigenvalue weighted by atomic mass is 79.9. The summed E-state index contributed by atoms with van der Waals surface area (Å²) in [6, 6.07) is 9.85. The summed E-state index contributed by atoms with van der Waals surface area (Å²) in [5.74, 6) is 0.604. The zero-order valence-corrected chi connectivity index (χ0v) is 25.7. The third-order valence-corrected chi connectivity index (χ3v) is 10.3. The number of benzene rings is 2. The van der Waals surface area contributed by atoms with E-state index in [4.69, 9.17) is 0 Å². The van der Waals surface area contributed by atoms with Crippen LogP contribution in [0.3, 0.4) is 0 Å². The van der Waals surface area contributed by atoms with Gasteiger partial charge in [0, 0.05) is 57.5 Å². The highest BCUT2D eigenvalue weighted by Crippen LogP contribution is 2.36. The van der Waals surface area contributed by atoms with Crippen LogP contribution in [-0.2, 0) is 20.0 Å². The van der Waals surface area contributed by atoms with E-state index >= 15 is 0 Å². The lowest BCUT2D eigenvalue weighted by Gasteiger charge is -2.31. The number of likely N-dealkylation sites (N-methyl/N-ethyl adjacent to an activating group) is 1. The average molecular weight is 663 g/mol. The minimum Gasteiger partial charge on any atom is -0.337 e. The lowest BCUT2D eigenvalue weighted by atomic mass is 10.2. The molecule has 3 heterocycles. The van der Waals surface area contributed by atoms with Crippen LogP contribution in [-0.4, -0.2) is 92.5 Å². The van der Waals surface area contributed by atoms with Gasteiger partial charge in [-0.3, -0.25) is 14.3 Å². The van der Waals surface area contributed by atoms with Gasteiger partial charge in [0.25, 0.3) is 0 Å². The molecular formula is C25H28BrN9O4S2. The van der Waals surface area contributed by atoms with Crippen molar-refractivity contribution in [3.05, 3.63) is 59.5 Å². The van der Waals surface area contributed by atoms with Crippen LogP contribution in [0.15, 0.2) is 64.4 Å². The maximum Gasteiger partial charge on any atom is 0.243 e. The molecule has 2 aromatic heterocycles. The number of sulfonamides is 2. The topological polar surface area (TPSA) is 154 Å². The van der Waals surface area contributed by atoms with E-state index in [0.29, 0.717) is 64.6 Å². The lowest BCUT2D eigenvalue weighted by Crippen LogP contribution is -2.46. The van der Waals surface area contributed by atoms with Crippen molar-refractivity contribution in [1.29, 1.82) is 0 Å². The lowest BCUT2D eigenvalue weighted by molar-refractivity contribution is 0.222. The van der Waals surface area contributed by atoms with Gasteiger partial charge in [-0.25, -0.2) is 21.8 Å². The second kappa shape index (κ2) is 11.4. The van der Waals surface area contributed by atoms with Gasteiger partial charge in [-0.1, -0.05) is 0 Å². The first-order chi connectivity index (χ1) is 19.4. The fourth-order valence-electron chi connectivity index (χ4n) is 4.27. The molecule has 216 valence electrons. The quantitative estimate of drug-likeness (QED) is 0.286. The van der Waals surface area contributed by atoms with E-state index in [1.807, 2.05) is 7.05 Å². The zero-order valence-electron chi connectivity index (χ0n) is 22.5. The Morgan fingerprint density at radius 1 is 0.902 bits per heavy atom. The van der Waals surface area contributed by atoms with Gasteiger partial charge in [0.15, 0.2) is 0 Å². The highest BCUT2D eigenvalue weighted by molar-refractivity contribution is 9.10. The second-order valence-electron chi connectivity index (χ2n) is 9.49. The van der Waals surface area contributed by atoms with Crippen molar-refractivity contribution in [2.24, 2.45) is 0 Å². The van der Waals surface area contributed by atoms with E-state index in [9.17, 15) is 16.8 Å². The van der Waals surface area contributed by atoms with Crippen LogP contribution in [0.5, 0.6) is 0 Å². The van der Waals surface area contributed by atoms with Crippen molar-refractivity contribution in [1.82, 2.24) is 29.1 Å². The smallest absolute Gasteiger partial charge is 0.243 e. The number of piperazine rings is 1. The summed E-state index contributed by atoms with van der Waals surface area (Å²) in [5.41, 5.74) is 2.28. The minimum absolute atomic E-state index is 0.216. The third-order valence-electron chi connectivity index (χ3n) is 6.63. The van der Waals surface area contributed by atoms with Gasteiger partial charge in [-0.05, 0) is 59.4 Å². The Morgan fingerprint density at radius 3 is 2.27 bits per heavy atom. The summed E-state index contributed by atoms with van der Waals surface area (Å²) in [6.07, 6.45) is 5.68. The summed E-state index contributed by atoms with van der Waals surface area (Å²) in [7, 11) is -3.79. The summed E-state index contributed by atoms with van der Waals surface area (Å²) < 4.78 is 54.2. The number of nitrogens with one attached hydrogen (secondary N) is 2. The van der Waals surface area contributed by atoms with Crippen LogP contribution >= 0.6 is 15.9 Å². The second-order valence-corrected chi connectivity index (χ2v) is 14.3. The molecule has 0 amide bonds. The van der Waals surface area contributed by atoms with Crippen molar-refractivity contribution in [2.75, 3.05) is 61.5 Å². The van der Waals surface area contributed by atoms with E-state index in [0.717, 1.165) is 10.6 Å². The molecule has 13 nitrogen and oxygen atoms in total. The molecule has 1 fully saturated rings. The standard InChI is InChI=1S/C25H28BrN9O4S2/c1-33-12-14-35(15-13-33)41(38,39)18-6-4-17(5-7-18)30-25-29-16-19(26)24(32-25)31-21-9-8-20-22(28-11-10-27-20)23(21)34(2)40(3,36)37/h4-11,16H,12-15H2,1-3H3,(H2,29,30,31,32). The average Bonchev–Trinajstić information content (AvgIpc) is 2.94. The number of rotatable bonds is 8. The van der Waals surface area contributed by atoms with E-state index in [1.165, 1.54) is 23.7 Å². The Morgan fingerprint density at radius 2 is 1.59 bits per heavy atom. The van der Waals surface area contributed by atoms with Crippen LogP contribution in [0.25, 0.3) is 11.0 Å². The molecule has 2 N–H and O–H groups in total. The number of halogens is 1. The molecule has 0 saturated carbocycles. The van der Waals surface area contributed by atoms with Gasteiger partial charge >= 0.3 is 0 Å². The zero-order chi connectivity index (χ0) is 29.4. The molecule has 1 aliphatic rings. The van der Waals surface area contributed by atoms with Crippen LogP contribution in [0.4, 0.5) is 28.8 Å². The SMILES string of the molecule is CN1CCN(S(=O)(=O)c2ccc(Nc3ncc(Br)c(Nc4ccc5nccnc5c4N(C)S(C)(=O)=O)n3)cc2)CC1. The largest absolute Gasteiger partial charge is 0.337 e. The maximum atomic E-state index is 13.0. The molecule has 0 spiro atoms. The molecule has 16 heteroatoms. The minimum atomic E-state index is -3.62. The van der Waals surface area contributed by atoms with E-state index in [1.54, 1.807) is 42.6 Å². The van der Waals surface area contributed by atoms with Gasteiger partial charge in [0.1, 0.15) is 17.0 Å². The molecule has 0 unspecified atom stereocenters. The normalized spacial score (nSPS) is 15.1. The monoisotopic (exact) mass is 661 g/mol. The molecule has 0 bridgehead atoms. The predicted octanol–water partition coefficient (Wildman–Crippen LogP) is 3.00. The number of hydrogen-bond donors (Lipinski definition) is 2. The molecule has 1 saturated heterocycles. The van der Waals surface area contributed by atoms with Gasteiger partial charge in [-0.15, -0.1) is 0 Å². The summed E-state index contributed by atoms with van der Waals surface area (Å²) in [6.45, 7) is 2.28. The molecule has 41 heavy (non-hydrogen) atoms. The Kier molecular flexibility index (Phi) is 8.11. The number of fused-ring (bicyclic) bond motifs is 1. The van der Waals surface area contributed by atoms with Crippen molar-refractivity contribution in [2.45, 2.75) is 4.90 Å². The fourth-order valence-corrected chi connectivity index (χ4v) is 6.50. The van der Waals surface area contributed by atoms with Crippen LogP contribution < -0.4 is 14.9 Å². The Labute approximate surface area is 246 Å². The summed E-state index contributed by atoms with van der Waals surface area (Å²) >= 11 is 3.45. The molecule has 1 aliphatic heterocycles. The number of hydrogen-bond acceptors (Lipinski definition) is 11. The van der Waals surface area contributed by atoms with Crippen molar-refractivity contribution >= 4 is 75.8 Å². The number of nitrogens with zero attached hydrogens (tertiary/aromatic N) is 7.